The van der Waals surface area contributed by atoms with Crippen LogP contribution in [0, 0.1) is 11.8 Å². The van der Waals surface area contributed by atoms with Gasteiger partial charge in [-0.15, -0.1) is 0 Å². The van der Waals surface area contributed by atoms with Crippen LogP contribution in [0.15, 0.2) is 11.6 Å². The van der Waals surface area contributed by atoms with Crippen LogP contribution in [0.2, 0.25) is 0 Å². The molecule has 3 nitrogen and oxygen atoms in total. The number of esters is 1. The highest BCUT2D eigenvalue weighted by Gasteiger charge is 2.35. The number of nitrogens with zero attached hydrogens (tertiary/aromatic N) is 1. The summed E-state index contributed by atoms with van der Waals surface area (Å²) in [6.45, 7) is 4.91. The number of hydrogen-bond donors (Lipinski definition) is 0. The highest BCUT2D eigenvalue weighted by atomic mass is 16.5. The second kappa shape index (κ2) is 5.00. The van der Waals surface area contributed by atoms with Gasteiger partial charge in [0.2, 0.25) is 0 Å². The van der Waals surface area contributed by atoms with Gasteiger partial charge in [-0.3, -0.25) is 4.79 Å². The minimum Gasteiger partial charge on any atom is -0.465 e. The quantitative estimate of drug-likeness (QED) is 0.540. The Bertz CT molecular complexity index is 298. The summed E-state index contributed by atoms with van der Waals surface area (Å²) < 4.78 is 5.16. The second-order valence-electron chi connectivity index (χ2n) is 5.00. The molecule has 0 radical (unpaired) electrons. The lowest BCUT2D eigenvalue weighted by molar-refractivity contribution is -0.141. The molecule has 16 heavy (non-hydrogen) atoms. The molecule has 2 unspecified atom stereocenters. The maximum Gasteiger partial charge on any atom is 0.309 e. The summed E-state index contributed by atoms with van der Waals surface area (Å²) in [7, 11) is 2.15. The van der Waals surface area contributed by atoms with Crippen LogP contribution in [0.25, 0.3) is 0 Å². The number of ether oxygens (including phenoxy) is 1. The van der Waals surface area contributed by atoms with Gasteiger partial charge in [0, 0.05) is 19.0 Å². The number of carbonyl (C=O) groups is 1. The SMILES string of the molecule is CCC1C(=O)OCC1CC1=CCCN(C)C1. The first kappa shape index (κ1) is 11.6. The van der Waals surface area contributed by atoms with Crippen LogP contribution in [0.4, 0.5) is 0 Å². The van der Waals surface area contributed by atoms with E-state index in [0.717, 1.165) is 32.4 Å². The zero-order valence-corrected chi connectivity index (χ0v) is 10.2. The molecule has 0 aliphatic carbocycles. The molecule has 3 heteroatoms. The molecule has 1 fully saturated rings. The Morgan fingerprint density at radius 1 is 1.56 bits per heavy atom. The van der Waals surface area contributed by atoms with E-state index in [-0.39, 0.29) is 11.9 Å². The monoisotopic (exact) mass is 223 g/mol. The van der Waals surface area contributed by atoms with Gasteiger partial charge in [-0.1, -0.05) is 18.6 Å². The summed E-state index contributed by atoms with van der Waals surface area (Å²) in [5.74, 6) is 0.556. The number of likely N-dealkylation sites (N-methyl/N-ethyl adjacent to an activating group) is 1. The van der Waals surface area contributed by atoms with E-state index in [1.165, 1.54) is 5.57 Å². The lowest BCUT2D eigenvalue weighted by atomic mass is 9.86. The van der Waals surface area contributed by atoms with E-state index in [1.54, 1.807) is 0 Å². The van der Waals surface area contributed by atoms with Gasteiger partial charge in [0.15, 0.2) is 0 Å². The van der Waals surface area contributed by atoms with Crippen molar-refractivity contribution in [1.82, 2.24) is 4.90 Å². The molecule has 0 N–H and O–H groups in total. The van der Waals surface area contributed by atoms with Gasteiger partial charge in [-0.25, -0.2) is 0 Å². The largest absolute Gasteiger partial charge is 0.465 e. The first-order chi connectivity index (χ1) is 7.70. The fraction of sp³-hybridized carbons (Fsp3) is 0.769. The molecule has 0 bridgehead atoms. The average Bonchev–Trinajstić information content (AvgIpc) is 2.59. The molecule has 0 aromatic heterocycles. The van der Waals surface area contributed by atoms with Gasteiger partial charge in [-0.05, 0) is 26.3 Å². The average molecular weight is 223 g/mol. The summed E-state index contributed by atoms with van der Waals surface area (Å²) in [6.07, 6.45) is 5.43. The first-order valence-electron chi connectivity index (χ1n) is 6.23. The van der Waals surface area contributed by atoms with Crippen molar-refractivity contribution in [2.24, 2.45) is 11.8 Å². The Hall–Kier alpha value is -0.830. The van der Waals surface area contributed by atoms with Crippen molar-refractivity contribution < 1.29 is 9.53 Å². The molecule has 2 heterocycles. The third-order valence-corrected chi connectivity index (χ3v) is 3.69. The molecular weight excluding hydrogens is 202 g/mol. The predicted octanol–water partition coefficient (Wildman–Crippen LogP) is 1.84. The van der Waals surface area contributed by atoms with E-state index in [4.69, 9.17) is 4.74 Å². The lowest BCUT2D eigenvalue weighted by Crippen LogP contribution is -2.27. The van der Waals surface area contributed by atoms with E-state index < -0.39 is 0 Å². The lowest BCUT2D eigenvalue weighted by Gasteiger charge is -2.25. The molecular formula is C13H21NO2. The summed E-state index contributed by atoms with van der Waals surface area (Å²) in [4.78, 5) is 13.8. The van der Waals surface area contributed by atoms with Gasteiger partial charge in [-0.2, -0.15) is 0 Å². The topological polar surface area (TPSA) is 29.5 Å². The molecule has 0 amide bonds. The first-order valence-corrected chi connectivity index (χ1v) is 6.23. The standard InChI is InChI=1S/C13H21NO2/c1-3-12-11(9-16-13(12)15)7-10-5-4-6-14(2)8-10/h5,11-12H,3-4,6-9H2,1-2H3. The van der Waals surface area contributed by atoms with E-state index >= 15 is 0 Å². The Balaban J connectivity index is 1.94. The molecule has 2 aliphatic rings. The Morgan fingerprint density at radius 2 is 2.38 bits per heavy atom. The number of hydrogen-bond acceptors (Lipinski definition) is 3. The number of carbonyl (C=O) groups excluding carboxylic acids is 1. The van der Waals surface area contributed by atoms with Crippen LogP contribution >= 0.6 is 0 Å². The Kier molecular flexibility index (Phi) is 3.64. The molecule has 90 valence electrons. The van der Waals surface area contributed by atoms with E-state index in [9.17, 15) is 4.79 Å². The predicted molar refractivity (Wildman–Crippen MR) is 63.0 cm³/mol. The normalized spacial score (nSPS) is 31.4. The molecule has 1 saturated heterocycles. The Morgan fingerprint density at radius 3 is 3.06 bits per heavy atom. The van der Waals surface area contributed by atoms with Gasteiger partial charge in [0.25, 0.3) is 0 Å². The molecule has 2 rings (SSSR count). The van der Waals surface area contributed by atoms with Crippen molar-refractivity contribution in [2.45, 2.75) is 26.2 Å². The third kappa shape index (κ3) is 2.46. The molecule has 0 aromatic carbocycles. The molecule has 2 atom stereocenters. The van der Waals surface area contributed by atoms with Crippen molar-refractivity contribution >= 4 is 5.97 Å². The maximum absolute atomic E-state index is 11.5. The molecule has 0 spiro atoms. The van der Waals surface area contributed by atoms with E-state index in [1.807, 2.05) is 0 Å². The fourth-order valence-corrected chi connectivity index (χ4v) is 2.77. The van der Waals surface area contributed by atoms with Crippen LogP contribution in [0.3, 0.4) is 0 Å². The fourth-order valence-electron chi connectivity index (χ4n) is 2.77. The second-order valence-corrected chi connectivity index (χ2v) is 5.00. The summed E-state index contributed by atoms with van der Waals surface area (Å²) >= 11 is 0. The van der Waals surface area contributed by atoms with Gasteiger partial charge >= 0.3 is 5.97 Å². The third-order valence-electron chi connectivity index (χ3n) is 3.69. The minimum atomic E-state index is 0.0114. The van der Waals surface area contributed by atoms with Gasteiger partial charge in [0.05, 0.1) is 12.5 Å². The summed E-state index contributed by atoms with van der Waals surface area (Å²) in [6, 6.07) is 0. The molecule has 0 saturated carbocycles. The van der Waals surface area contributed by atoms with Gasteiger partial charge < -0.3 is 9.64 Å². The van der Waals surface area contributed by atoms with Crippen molar-refractivity contribution in [3.8, 4) is 0 Å². The maximum atomic E-state index is 11.5. The zero-order valence-electron chi connectivity index (χ0n) is 10.2. The van der Waals surface area contributed by atoms with Gasteiger partial charge in [0.1, 0.15) is 0 Å². The van der Waals surface area contributed by atoms with Crippen LogP contribution in [0.1, 0.15) is 26.2 Å². The highest BCUT2D eigenvalue weighted by molar-refractivity contribution is 5.74. The van der Waals surface area contributed by atoms with E-state index in [0.29, 0.717) is 12.5 Å². The number of cyclic esters (lactones) is 1. The van der Waals surface area contributed by atoms with Crippen LogP contribution in [0.5, 0.6) is 0 Å². The van der Waals surface area contributed by atoms with Crippen molar-refractivity contribution in [2.75, 3.05) is 26.7 Å². The van der Waals surface area contributed by atoms with Crippen molar-refractivity contribution in [1.29, 1.82) is 0 Å². The smallest absolute Gasteiger partial charge is 0.309 e. The van der Waals surface area contributed by atoms with Crippen molar-refractivity contribution in [3.05, 3.63) is 11.6 Å². The van der Waals surface area contributed by atoms with Crippen LogP contribution in [-0.2, 0) is 9.53 Å². The summed E-state index contributed by atoms with van der Waals surface area (Å²) in [5.41, 5.74) is 1.48. The minimum absolute atomic E-state index is 0.0114. The zero-order chi connectivity index (χ0) is 11.5. The summed E-state index contributed by atoms with van der Waals surface area (Å²) in [5, 5.41) is 0. The number of rotatable bonds is 3. The van der Waals surface area contributed by atoms with Crippen LogP contribution < -0.4 is 0 Å². The van der Waals surface area contributed by atoms with Crippen LogP contribution in [-0.4, -0.2) is 37.6 Å². The Labute approximate surface area is 97.5 Å². The molecule has 0 aromatic rings. The highest BCUT2D eigenvalue weighted by Crippen LogP contribution is 2.31. The molecule has 2 aliphatic heterocycles. The van der Waals surface area contributed by atoms with Crippen molar-refractivity contribution in [3.63, 3.8) is 0 Å². The van der Waals surface area contributed by atoms with E-state index in [2.05, 4.69) is 24.9 Å².